The Morgan fingerprint density at radius 1 is 1.11 bits per heavy atom. The van der Waals surface area contributed by atoms with Crippen LogP contribution in [0.3, 0.4) is 0 Å². The van der Waals surface area contributed by atoms with Crippen molar-refractivity contribution in [1.82, 2.24) is 4.90 Å². The highest BCUT2D eigenvalue weighted by atomic mass is 16.4. The van der Waals surface area contributed by atoms with Crippen LogP contribution in [0.2, 0.25) is 0 Å². The van der Waals surface area contributed by atoms with E-state index in [1.54, 1.807) is 6.08 Å². The molecule has 0 aromatic heterocycles. The molecule has 2 rings (SSSR count). The zero-order chi connectivity index (χ0) is 20.4. The summed E-state index contributed by atoms with van der Waals surface area (Å²) < 4.78 is 0. The predicted molar refractivity (Wildman–Crippen MR) is 114 cm³/mol. The lowest BCUT2D eigenvalue weighted by molar-refractivity contribution is -0.138. The SMILES string of the molecule is C=CCN(C(C=C(CCO)c1ccccc1)CC(=O)O)C(C)c1ccccc1. The lowest BCUT2D eigenvalue weighted by Gasteiger charge is -2.34. The molecule has 0 heterocycles. The highest BCUT2D eigenvalue weighted by molar-refractivity contribution is 5.70. The van der Waals surface area contributed by atoms with Gasteiger partial charge in [0.25, 0.3) is 0 Å². The molecule has 0 aliphatic carbocycles. The number of carboxylic acids is 1. The molecule has 0 aliphatic heterocycles. The van der Waals surface area contributed by atoms with E-state index in [4.69, 9.17) is 0 Å². The second-order valence-corrected chi connectivity index (χ2v) is 6.77. The zero-order valence-electron chi connectivity index (χ0n) is 16.4. The number of carbonyl (C=O) groups is 1. The molecule has 0 saturated heterocycles. The quantitative estimate of drug-likeness (QED) is 0.563. The molecule has 0 amide bonds. The van der Waals surface area contributed by atoms with Gasteiger partial charge in [-0.25, -0.2) is 0 Å². The van der Waals surface area contributed by atoms with Gasteiger partial charge in [0.05, 0.1) is 6.42 Å². The minimum atomic E-state index is -0.855. The van der Waals surface area contributed by atoms with E-state index < -0.39 is 5.97 Å². The molecule has 0 spiro atoms. The van der Waals surface area contributed by atoms with E-state index in [1.807, 2.05) is 66.7 Å². The van der Waals surface area contributed by atoms with Crippen molar-refractivity contribution in [3.8, 4) is 0 Å². The Bertz CT molecular complexity index is 771. The first-order valence-electron chi connectivity index (χ1n) is 9.57. The van der Waals surface area contributed by atoms with Gasteiger partial charge < -0.3 is 10.2 Å². The zero-order valence-corrected chi connectivity index (χ0v) is 16.4. The summed E-state index contributed by atoms with van der Waals surface area (Å²) in [5, 5.41) is 19.1. The molecular weight excluding hydrogens is 350 g/mol. The van der Waals surface area contributed by atoms with E-state index in [0.29, 0.717) is 13.0 Å². The van der Waals surface area contributed by atoms with Gasteiger partial charge in [-0.05, 0) is 30.0 Å². The fraction of sp³-hybridized carbons (Fsp3) is 0.292. The lowest BCUT2D eigenvalue weighted by Crippen LogP contribution is -2.38. The van der Waals surface area contributed by atoms with Crippen LogP contribution in [0.1, 0.15) is 36.9 Å². The molecule has 4 heteroatoms. The number of aliphatic hydroxyl groups is 1. The van der Waals surface area contributed by atoms with Crippen molar-refractivity contribution in [2.45, 2.75) is 31.8 Å². The van der Waals surface area contributed by atoms with Crippen molar-refractivity contribution in [2.24, 2.45) is 0 Å². The molecule has 28 heavy (non-hydrogen) atoms. The second kappa shape index (κ2) is 11.2. The minimum Gasteiger partial charge on any atom is -0.481 e. The van der Waals surface area contributed by atoms with Crippen LogP contribution >= 0.6 is 0 Å². The predicted octanol–water partition coefficient (Wildman–Crippen LogP) is 4.54. The van der Waals surface area contributed by atoms with E-state index in [2.05, 4.69) is 18.4 Å². The molecule has 0 fully saturated rings. The summed E-state index contributed by atoms with van der Waals surface area (Å²) in [6.07, 6.45) is 4.24. The smallest absolute Gasteiger partial charge is 0.305 e. The average molecular weight is 380 g/mol. The van der Waals surface area contributed by atoms with Gasteiger partial charge >= 0.3 is 5.97 Å². The summed E-state index contributed by atoms with van der Waals surface area (Å²) in [5.74, 6) is -0.855. The Kier molecular flexibility index (Phi) is 8.66. The van der Waals surface area contributed by atoms with Gasteiger partial charge in [-0.1, -0.05) is 72.8 Å². The van der Waals surface area contributed by atoms with Crippen molar-refractivity contribution in [1.29, 1.82) is 0 Å². The molecule has 2 aromatic rings. The number of hydrogen-bond donors (Lipinski definition) is 2. The fourth-order valence-corrected chi connectivity index (χ4v) is 3.43. The van der Waals surface area contributed by atoms with Crippen LogP contribution in [0.25, 0.3) is 5.57 Å². The van der Waals surface area contributed by atoms with Gasteiger partial charge in [-0.15, -0.1) is 6.58 Å². The first kappa shape index (κ1) is 21.6. The summed E-state index contributed by atoms with van der Waals surface area (Å²) in [5.41, 5.74) is 3.07. The average Bonchev–Trinajstić information content (AvgIpc) is 2.71. The molecule has 148 valence electrons. The number of benzene rings is 2. The number of carboxylic acid groups (broad SMARTS) is 1. The molecule has 0 aliphatic rings. The van der Waals surface area contributed by atoms with Crippen molar-refractivity contribution >= 4 is 11.5 Å². The Morgan fingerprint density at radius 2 is 1.71 bits per heavy atom. The molecule has 0 saturated carbocycles. The van der Waals surface area contributed by atoms with Crippen molar-refractivity contribution in [3.05, 3.63) is 90.5 Å². The van der Waals surface area contributed by atoms with Gasteiger partial charge in [0.15, 0.2) is 0 Å². The summed E-state index contributed by atoms with van der Waals surface area (Å²) >= 11 is 0. The maximum atomic E-state index is 11.6. The third-order valence-electron chi connectivity index (χ3n) is 4.85. The van der Waals surface area contributed by atoms with Gasteiger partial charge in [0.2, 0.25) is 0 Å². The lowest BCUT2D eigenvalue weighted by atomic mass is 9.96. The van der Waals surface area contributed by atoms with Crippen LogP contribution in [0.4, 0.5) is 0 Å². The van der Waals surface area contributed by atoms with Gasteiger partial charge in [-0.2, -0.15) is 0 Å². The van der Waals surface area contributed by atoms with Crippen molar-refractivity contribution in [2.75, 3.05) is 13.2 Å². The van der Waals surface area contributed by atoms with Crippen LogP contribution in [-0.2, 0) is 4.79 Å². The molecule has 4 nitrogen and oxygen atoms in total. The molecular formula is C24H29NO3. The number of nitrogens with zero attached hydrogens (tertiary/aromatic N) is 1. The fourth-order valence-electron chi connectivity index (χ4n) is 3.43. The maximum absolute atomic E-state index is 11.6. The third-order valence-corrected chi connectivity index (χ3v) is 4.85. The molecule has 0 radical (unpaired) electrons. The van der Waals surface area contributed by atoms with Gasteiger partial charge in [0, 0.05) is 25.2 Å². The first-order valence-corrected chi connectivity index (χ1v) is 9.57. The topological polar surface area (TPSA) is 60.8 Å². The summed E-state index contributed by atoms with van der Waals surface area (Å²) in [7, 11) is 0. The largest absolute Gasteiger partial charge is 0.481 e. The van der Waals surface area contributed by atoms with Gasteiger partial charge in [0.1, 0.15) is 0 Å². The highest BCUT2D eigenvalue weighted by Gasteiger charge is 2.25. The summed E-state index contributed by atoms with van der Waals surface area (Å²) in [6.45, 7) is 6.51. The summed E-state index contributed by atoms with van der Waals surface area (Å²) in [4.78, 5) is 13.8. The molecule has 2 aromatic carbocycles. The number of rotatable bonds is 11. The van der Waals surface area contributed by atoms with E-state index in [1.165, 1.54) is 0 Å². The van der Waals surface area contributed by atoms with E-state index in [0.717, 1.165) is 16.7 Å². The molecule has 2 N–H and O–H groups in total. The number of aliphatic carboxylic acids is 1. The van der Waals surface area contributed by atoms with Crippen molar-refractivity contribution < 1.29 is 15.0 Å². The van der Waals surface area contributed by atoms with Crippen LogP contribution in [0.5, 0.6) is 0 Å². The Morgan fingerprint density at radius 3 is 2.25 bits per heavy atom. The third kappa shape index (κ3) is 6.19. The maximum Gasteiger partial charge on any atom is 0.305 e. The first-order chi connectivity index (χ1) is 13.6. The normalized spacial score (nSPS) is 13.9. The number of aliphatic hydroxyl groups excluding tert-OH is 1. The highest BCUT2D eigenvalue weighted by Crippen LogP contribution is 2.27. The summed E-state index contributed by atoms with van der Waals surface area (Å²) in [6, 6.07) is 19.5. The standard InChI is InChI=1S/C24H29NO3/c1-3-15-25(19(2)20-10-6-4-7-11-20)23(18-24(27)28)17-22(14-16-26)21-12-8-5-9-13-21/h3-13,17,19,23,26H,1,14-16,18H2,2H3,(H,27,28). The van der Waals surface area contributed by atoms with E-state index in [-0.39, 0.29) is 25.1 Å². The Hall–Kier alpha value is -2.69. The van der Waals surface area contributed by atoms with E-state index >= 15 is 0 Å². The molecule has 0 bridgehead atoms. The van der Waals surface area contributed by atoms with Crippen LogP contribution < -0.4 is 0 Å². The molecule has 2 unspecified atom stereocenters. The van der Waals surface area contributed by atoms with Crippen LogP contribution in [0, 0.1) is 0 Å². The Labute approximate surface area is 167 Å². The number of hydrogen-bond acceptors (Lipinski definition) is 3. The van der Waals surface area contributed by atoms with Gasteiger partial charge in [-0.3, -0.25) is 9.69 Å². The molecule has 2 atom stereocenters. The van der Waals surface area contributed by atoms with Crippen molar-refractivity contribution in [3.63, 3.8) is 0 Å². The van der Waals surface area contributed by atoms with E-state index in [9.17, 15) is 15.0 Å². The van der Waals surface area contributed by atoms with Crippen LogP contribution in [-0.4, -0.2) is 40.3 Å². The minimum absolute atomic E-state index is 0.0101. The van der Waals surface area contributed by atoms with Crippen LogP contribution in [0.15, 0.2) is 79.4 Å². The second-order valence-electron chi connectivity index (χ2n) is 6.77. The monoisotopic (exact) mass is 379 g/mol. The Balaban J connectivity index is 2.44.